The number of anilines is 1. The Hall–Kier alpha value is -2.05. The topological polar surface area (TPSA) is 80.2 Å². The first-order valence-electron chi connectivity index (χ1n) is 6.93. The number of methoxy groups -OCH3 is 1. The van der Waals surface area contributed by atoms with Gasteiger partial charge in [-0.15, -0.1) is 0 Å². The summed E-state index contributed by atoms with van der Waals surface area (Å²) >= 11 is 0. The van der Waals surface area contributed by atoms with E-state index in [1.165, 1.54) is 0 Å². The minimum absolute atomic E-state index is 0.284. The number of nitrogens with zero attached hydrogens (tertiary/aromatic N) is 3. The lowest BCUT2D eigenvalue weighted by molar-refractivity contribution is 0.0727. The van der Waals surface area contributed by atoms with Gasteiger partial charge in [-0.1, -0.05) is 13.0 Å². The SMILES string of the molecule is CCc1cc(NCC(O)COC)nc(-c2ccccn2)n1. The Morgan fingerprint density at radius 2 is 2.19 bits per heavy atom. The molecule has 1 atom stereocenters. The average Bonchev–Trinajstić information content (AvgIpc) is 2.54. The molecule has 0 saturated carbocycles. The third-order valence-corrected chi connectivity index (χ3v) is 2.91. The van der Waals surface area contributed by atoms with Crippen molar-refractivity contribution in [3.63, 3.8) is 0 Å². The minimum atomic E-state index is -0.576. The normalized spacial score (nSPS) is 12.1. The van der Waals surface area contributed by atoms with E-state index in [4.69, 9.17) is 4.74 Å². The smallest absolute Gasteiger partial charge is 0.180 e. The van der Waals surface area contributed by atoms with Gasteiger partial charge >= 0.3 is 0 Å². The van der Waals surface area contributed by atoms with Crippen LogP contribution in [-0.4, -0.2) is 46.4 Å². The summed E-state index contributed by atoms with van der Waals surface area (Å²) in [6.07, 6.45) is 1.94. The highest BCUT2D eigenvalue weighted by Crippen LogP contribution is 2.16. The molecule has 0 aliphatic carbocycles. The van der Waals surface area contributed by atoms with Crippen molar-refractivity contribution in [2.45, 2.75) is 19.4 Å². The van der Waals surface area contributed by atoms with Crippen molar-refractivity contribution in [3.05, 3.63) is 36.2 Å². The molecule has 2 aromatic rings. The van der Waals surface area contributed by atoms with Gasteiger partial charge in [0, 0.05) is 31.6 Å². The van der Waals surface area contributed by atoms with Gasteiger partial charge < -0.3 is 15.2 Å². The fourth-order valence-electron chi connectivity index (χ4n) is 1.85. The van der Waals surface area contributed by atoms with Crippen molar-refractivity contribution >= 4 is 5.82 Å². The van der Waals surface area contributed by atoms with Gasteiger partial charge in [-0.05, 0) is 18.6 Å². The van der Waals surface area contributed by atoms with Crippen LogP contribution in [0.1, 0.15) is 12.6 Å². The van der Waals surface area contributed by atoms with Gasteiger partial charge in [-0.25, -0.2) is 9.97 Å². The first-order valence-corrected chi connectivity index (χ1v) is 6.93. The summed E-state index contributed by atoms with van der Waals surface area (Å²) in [7, 11) is 1.56. The maximum atomic E-state index is 9.68. The molecule has 2 aromatic heterocycles. The number of aliphatic hydroxyl groups is 1. The van der Waals surface area contributed by atoms with Crippen LogP contribution in [0.15, 0.2) is 30.5 Å². The van der Waals surface area contributed by atoms with Crippen LogP contribution in [0.3, 0.4) is 0 Å². The molecule has 6 nitrogen and oxygen atoms in total. The number of hydrogen-bond donors (Lipinski definition) is 2. The molecule has 0 aliphatic rings. The van der Waals surface area contributed by atoms with E-state index in [2.05, 4.69) is 20.3 Å². The molecule has 1 unspecified atom stereocenters. The number of hydrogen-bond acceptors (Lipinski definition) is 6. The molecule has 2 rings (SSSR count). The molecule has 0 saturated heterocycles. The Kier molecular flexibility index (Phi) is 5.59. The zero-order chi connectivity index (χ0) is 15.1. The highest BCUT2D eigenvalue weighted by atomic mass is 16.5. The number of aliphatic hydroxyl groups excluding tert-OH is 1. The second-order valence-electron chi connectivity index (χ2n) is 4.63. The predicted molar refractivity (Wildman–Crippen MR) is 81.0 cm³/mol. The van der Waals surface area contributed by atoms with Crippen molar-refractivity contribution < 1.29 is 9.84 Å². The molecule has 0 spiro atoms. The van der Waals surface area contributed by atoms with Crippen molar-refractivity contribution in [1.82, 2.24) is 15.0 Å². The lowest BCUT2D eigenvalue weighted by Gasteiger charge is -2.12. The molecule has 2 N–H and O–H groups in total. The lowest BCUT2D eigenvalue weighted by atomic mass is 10.2. The van der Waals surface area contributed by atoms with Crippen LogP contribution < -0.4 is 5.32 Å². The monoisotopic (exact) mass is 288 g/mol. The molecule has 0 radical (unpaired) electrons. The summed E-state index contributed by atoms with van der Waals surface area (Å²) in [5.41, 5.74) is 1.66. The number of aryl methyl sites for hydroxylation is 1. The molecule has 0 aromatic carbocycles. The number of rotatable bonds is 7. The molecular formula is C15H20N4O2. The number of pyridine rings is 1. The molecule has 112 valence electrons. The minimum Gasteiger partial charge on any atom is -0.389 e. The second-order valence-corrected chi connectivity index (χ2v) is 4.63. The predicted octanol–water partition coefficient (Wildman–Crippen LogP) is 1.52. The van der Waals surface area contributed by atoms with Crippen LogP contribution in [0, 0.1) is 0 Å². The number of ether oxygens (including phenoxy) is 1. The quantitative estimate of drug-likeness (QED) is 0.804. The summed E-state index contributed by atoms with van der Waals surface area (Å²) in [6.45, 7) is 2.69. The van der Waals surface area contributed by atoms with E-state index < -0.39 is 6.10 Å². The van der Waals surface area contributed by atoms with Crippen LogP contribution in [0.5, 0.6) is 0 Å². The van der Waals surface area contributed by atoms with Crippen LogP contribution in [0.2, 0.25) is 0 Å². The van der Waals surface area contributed by atoms with E-state index in [1.807, 2.05) is 31.2 Å². The Labute approximate surface area is 124 Å². The van der Waals surface area contributed by atoms with E-state index in [0.29, 0.717) is 18.2 Å². The van der Waals surface area contributed by atoms with Gasteiger partial charge in [0.25, 0.3) is 0 Å². The molecule has 2 heterocycles. The molecule has 0 bridgehead atoms. The van der Waals surface area contributed by atoms with Gasteiger partial charge in [0.05, 0.1) is 12.7 Å². The highest BCUT2D eigenvalue weighted by Gasteiger charge is 2.08. The fourth-order valence-corrected chi connectivity index (χ4v) is 1.85. The third-order valence-electron chi connectivity index (χ3n) is 2.91. The molecule has 0 aliphatic heterocycles. The standard InChI is InChI=1S/C15H20N4O2/c1-3-11-8-14(17-9-12(20)10-21-2)19-15(18-11)13-6-4-5-7-16-13/h4-8,12,20H,3,9-10H2,1-2H3,(H,17,18,19). The number of aromatic nitrogens is 3. The highest BCUT2D eigenvalue weighted by molar-refractivity contribution is 5.52. The molecule has 6 heteroatoms. The second kappa shape index (κ2) is 7.66. The van der Waals surface area contributed by atoms with E-state index in [1.54, 1.807) is 13.3 Å². The molecule has 0 fully saturated rings. The lowest BCUT2D eigenvalue weighted by Crippen LogP contribution is -2.24. The van der Waals surface area contributed by atoms with Crippen LogP contribution >= 0.6 is 0 Å². The maximum Gasteiger partial charge on any atom is 0.180 e. The Morgan fingerprint density at radius 1 is 1.33 bits per heavy atom. The van der Waals surface area contributed by atoms with Gasteiger partial charge in [-0.3, -0.25) is 4.98 Å². The van der Waals surface area contributed by atoms with Crippen molar-refractivity contribution in [2.24, 2.45) is 0 Å². The van der Waals surface area contributed by atoms with Crippen LogP contribution in [0.4, 0.5) is 5.82 Å². The Balaban J connectivity index is 2.18. The Morgan fingerprint density at radius 3 is 2.86 bits per heavy atom. The van der Waals surface area contributed by atoms with Crippen LogP contribution in [-0.2, 0) is 11.2 Å². The van der Waals surface area contributed by atoms with Crippen molar-refractivity contribution in [1.29, 1.82) is 0 Å². The van der Waals surface area contributed by atoms with Gasteiger partial charge in [0.1, 0.15) is 11.5 Å². The number of nitrogens with one attached hydrogen (secondary N) is 1. The van der Waals surface area contributed by atoms with Crippen molar-refractivity contribution in [3.8, 4) is 11.5 Å². The molecular weight excluding hydrogens is 268 g/mol. The third kappa shape index (κ3) is 4.47. The average molecular weight is 288 g/mol. The zero-order valence-electron chi connectivity index (χ0n) is 12.3. The summed E-state index contributed by atoms with van der Waals surface area (Å²) in [4.78, 5) is 13.2. The molecule has 0 amide bonds. The van der Waals surface area contributed by atoms with Crippen LogP contribution in [0.25, 0.3) is 11.5 Å². The van der Waals surface area contributed by atoms with E-state index in [0.717, 1.165) is 17.8 Å². The van der Waals surface area contributed by atoms with Gasteiger partial charge in [0.2, 0.25) is 0 Å². The molecule has 21 heavy (non-hydrogen) atoms. The van der Waals surface area contributed by atoms with E-state index >= 15 is 0 Å². The van der Waals surface area contributed by atoms with Crippen molar-refractivity contribution in [2.75, 3.05) is 25.6 Å². The zero-order valence-corrected chi connectivity index (χ0v) is 12.3. The summed E-state index contributed by atoms with van der Waals surface area (Å²) in [5.74, 6) is 1.26. The summed E-state index contributed by atoms with van der Waals surface area (Å²) in [6, 6.07) is 7.51. The Bertz CT molecular complexity index is 563. The summed E-state index contributed by atoms with van der Waals surface area (Å²) in [5, 5.41) is 12.8. The van der Waals surface area contributed by atoms with E-state index in [9.17, 15) is 5.11 Å². The van der Waals surface area contributed by atoms with Gasteiger partial charge in [0.15, 0.2) is 5.82 Å². The largest absolute Gasteiger partial charge is 0.389 e. The first-order chi connectivity index (χ1) is 10.2. The maximum absolute atomic E-state index is 9.68. The first kappa shape index (κ1) is 15.3. The van der Waals surface area contributed by atoms with E-state index in [-0.39, 0.29) is 6.61 Å². The fraction of sp³-hybridized carbons (Fsp3) is 0.400. The van der Waals surface area contributed by atoms with Gasteiger partial charge in [-0.2, -0.15) is 0 Å². The summed E-state index contributed by atoms with van der Waals surface area (Å²) < 4.78 is 4.90.